The average Bonchev–Trinajstić information content (AvgIpc) is 3.12. The van der Waals surface area contributed by atoms with E-state index in [2.05, 4.69) is 5.32 Å². The number of nitrogens with one attached hydrogen (secondary N) is 1. The predicted molar refractivity (Wildman–Crippen MR) is 92.9 cm³/mol. The van der Waals surface area contributed by atoms with Gasteiger partial charge in [-0.3, -0.25) is 14.5 Å². The minimum atomic E-state index is -0.702. The van der Waals surface area contributed by atoms with Crippen LogP contribution in [0.25, 0.3) is 0 Å². The van der Waals surface area contributed by atoms with Crippen molar-refractivity contribution in [2.45, 2.75) is 32.4 Å². The highest BCUT2D eigenvalue weighted by Crippen LogP contribution is 2.48. The summed E-state index contributed by atoms with van der Waals surface area (Å²) in [6.07, 6.45) is 2.66. The van der Waals surface area contributed by atoms with Crippen LogP contribution in [0.1, 0.15) is 30.4 Å². The van der Waals surface area contributed by atoms with E-state index in [1.807, 2.05) is 29.2 Å². The first kappa shape index (κ1) is 17.9. The number of likely N-dealkylation sites (tertiary alicyclic amines) is 1. The highest BCUT2D eigenvalue weighted by atomic mass is 16.5. The van der Waals surface area contributed by atoms with Crippen LogP contribution < -0.4 is 5.32 Å². The second kappa shape index (κ2) is 7.54. The maximum Gasteiger partial charge on any atom is 0.311 e. The Morgan fingerprint density at radius 2 is 2.12 bits per heavy atom. The number of carbonyl (C=O) groups excluding carboxylic acids is 1. The Balaban J connectivity index is 1.53. The fraction of sp³-hybridized carbons (Fsp3) is 0.579. The summed E-state index contributed by atoms with van der Waals surface area (Å²) in [4.78, 5) is 26.0. The number of rotatable bonds is 7. The maximum atomic E-state index is 12.3. The highest BCUT2D eigenvalue weighted by Gasteiger charge is 2.54. The Morgan fingerprint density at radius 3 is 2.80 bits per heavy atom. The zero-order chi connectivity index (χ0) is 17.9. The molecule has 6 nitrogen and oxygen atoms in total. The van der Waals surface area contributed by atoms with Gasteiger partial charge in [0.1, 0.15) is 0 Å². The molecule has 2 aliphatic rings. The number of nitrogens with zero attached hydrogens (tertiary/aromatic N) is 1. The number of carboxylic acid groups (broad SMARTS) is 1. The van der Waals surface area contributed by atoms with E-state index in [4.69, 9.17) is 4.74 Å². The lowest BCUT2D eigenvalue weighted by atomic mass is 9.81. The molecule has 0 spiro atoms. The summed E-state index contributed by atoms with van der Waals surface area (Å²) in [5.41, 5.74) is 1.47. The molecule has 1 heterocycles. The quantitative estimate of drug-likeness (QED) is 0.785. The molecule has 1 saturated heterocycles. The van der Waals surface area contributed by atoms with Crippen molar-refractivity contribution in [3.8, 4) is 0 Å². The minimum Gasteiger partial charge on any atom is -0.481 e. The number of ether oxygens (including phenoxy) is 1. The van der Waals surface area contributed by atoms with E-state index in [0.717, 1.165) is 30.4 Å². The third kappa shape index (κ3) is 3.70. The number of hydrogen-bond acceptors (Lipinski definition) is 4. The van der Waals surface area contributed by atoms with Gasteiger partial charge in [0.05, 0.1) is 18.6 Å². The van der Waals surface area contributed by atoms with Gasteiger partial charge in [0.25, 0.3) is 0 Å². The molecule has 136 valence electrons. The number of aliphatic carboxylic acids is 1. The van der Waals surface area contributed by atoms with Gasteiger partial charge in [0.15, 0.2) is 0 Å². The van der Waals surface area contributed by atoms with Gasteiger partial charge >= 0.3 is 5.97 Å². The number of fused-ring (bicyclic) bond motifs is 1. The smallest absolute Gasteiger partial charge is 0.311 e. The fourth-order valence-corrected chi connectivity index (χ4v) is 4.34. The van der Waals surface area contributed by atoms with Crippen LogP contribution in [0.4, 0.5) is 0 Å². The van der Waals surface area contributed by atoms with Crippen LogP contribution in [0.15, 0.2) is 24.3 Å². The Morgan fingerprint density at radius 1 is 1.36 bits per heavy atom. The largest absolute Gasteiger partial charge is 0.481 e. The lowest BCUT2D eigenvalue weighted by Gasteiger charge is -2.23. The standard InChI is InChI=1S/C19H26N2O4/c1-25-12-15-6-3-2-5-14(15)9-20-17(22)11-21-10-16-7-4-8-19(16,13-21)18(23)24/h2-3,5-6,16H,4,7-13H2,1H3,(H,20,22)(H,23,24)/t16-,19+/m0/s1. The van der Waals surface area contributed by atoms with E-state index in [1.54, 1.807) is 7.11 Å². The Kier molecular flexibility index (Phi) is 5.39. The van der Waals surface area contributed by atoms with Gasteiger partial charge in [0, 0.05) is 26.7 Å². The van der Waals surface area contributed by atoms with Crippen molar-refractivity contribution in [3.63, 3.8) is 0 Å². The number of carboxylic acids is 1. The first-order valence-electron chi connectivity index (χ1n) is 8.83. The molecule has 1 aromatic rings. The molecule has 6 heteroatoms. The molecule has 0 radical (unpaired) electrons. The van der Waals surface area contributed by atoms with Crippen LogP contribution in [-0.4, -0.2) is 48.6 Å². The molecule has 1 aromatic carbocycles. The van der Waals surface area contributed by atoms with Crippen molar-refractivity contribution >= 4 is 11.9 Å². The lowest BCUT2D eigenvalue weighted by molar-refractivity contribution is -0.149. The predicted octanol–water partition coefficient (Wildman–Crippen LogP) is 1.64. The molecule has 2 N–H and O–H groups in total. The molecule has 0 unspecified atom stereocenters. The lowest BCUT2D eigenvalue weighted by Crippen LogP contribution is -2.39. The van der Waals surface area contributed by atoms with Gasteiger partial charge in [-0.15, -0.1) is 0 Å². The van der Waals surface area contributed by atoms with Crippen LogP contribution in [0, 0.1) is 11.3 Å². The topological polar surface area (TPSA) is 78.9 Å². The van der Waals surface area contributed by atoms with Crippen LogP contribution >= 0.6 is 0 Å². The van der Waals surface area contributed by atoms with Gasteiger partial charge in [-0.1, -0.05) is 30.7 Å². The molecule has 0 bridgehead atoms. The third-order valence-electron chi connectivity index (χ3n) is 5.63. The molecule has 2 atom stereocenters. The van der Waals surface area contributed by atoms with Gasteiger partial charge < -0.3 is 15.2 Å². The van der Waals surface area contributed by atoms with Crippen molar-refractivity contribution in [1.82, 2.24) is 10.2 Å². The molecular weight excluding hydrogens is 320 g/mol. The van der Waals surface area contributed by atoms with E-state index in [1.165, 1.54) is 0 Å². The monoisotopic (exact) mass is 346 g/mol. The Bertz CT molecular complexity index is 648. The second-order valence-corrected chi connectivity index (χ2v) is 7.20. The summed E-state index contributed by atoms with van der Waals surface area (Å²) < 4.78 is 5.18. The first-order chi connectivity index (χ1) is 12.0. The fourth-order valence-electron chi connectivity index (χ4n) is 4.34. The van der Waals surface area contributed by atoms with Crippen molar-refractivity contribution < 1.29 is 19.4 Å². The summed E-state index contributed by atoms with van der Waals surface area (Å²) in [7, 11) is 1.65. The number of benzene rings is 1. The molecule has 2 fully saturated rings. The molecule has 1 amide bonds. The zero-order valence-corrected chi connectivity index (χ0v) is 14.7. The number of carbonyl (C=O) groups is 2. The summed E-state index contributed by atoms with van der Waals surface area (Å²) >= 11 is 0. The SMILES string of the molecule is COCc1ccccc1CNC(=O)CN1C[C@@H]2CCC[C@@]2(C(=O)O)C1. The summed E-state index contributed by atoms with van der Waals surface area (Å²) in [6, 6.07) is 7.87. The van der Waals surface area contributed by atoms with Crippen molar-refractivity contribution in [1.29, 1.82) is 0 Å². The number of hydrogen-bond donors (Lipinski definition) is 2. The van der Waals surface area contributed by atoms with Gasteiger partial charge in [0.2, 0.25) is 5.91 Å². The van der Waals surface area contributed by atoms with Crippen LogP contribution in [0.5, 0.6) is 0 Å². The van der Waals surface area contributed by atoms with Gasteiger partial charge in [-0.05, 0) is 29.9 Å². The van der Waals surface area contributed by atoms with Crippen molar-refractivity contribution in [2.75, 3.05) is 26.7 Å². The van der Waals surface area contributed by atoms with E-state index in [9.17, 15) is 14.7 Å². The molecular formula is C19H26N2O4. The third-order valence-corrected chi connectivity index (χ3v) is 5.63. The Labute approximate surface area is 148 Å². The summed E-state index contributed by atoms with van der Waals surface area (Å²) in [6.45, 7) is 2.43. The molecule has 1 aliphatic heterocycles. The van der Waals surface area contributed by atoms with E-state index in [-0.39, 0.29) is 18.4 Å². The van der Waals surface area contributed by atoms with Crippen LogP contribution in [0.3, 0.4) is 0 Å². The Hall–Kier alpha value is -1.92. The highest BCUT2D eigenvalue weighted by molar-refractivity contribution is 5.79. The molecule has 25 heavy (non-hydrogen) atoms. The number of amides is 1. The number of methoxy groups -OCH3 is 1. The zero-order valence-electron chi connectivity index (χ0n) is 14.7. The normalized spacial score (nSPS) is 25.7. The summed E-state index contributed by atoms with van der Waals surface area (Å²) in [5.74, 6) is -0.584. The van der Waals surface area contributed by atoms with Crippen molar-refractivity contribution in [2.24, 2.45) is 11.3 Å². The molecule has 3 rings (SSSR count). The maximum absolute atomic E-state index is 12.3. The minimum absolute atomic E-state index is 0.0623. The van der Waals surface area contributed by atoms with Crippen LogP contribution in [0.2, 0.25) is 0 Å². The average molecular weight is 346 g/mol. The van der Waals surface area contributed by atoms with Gasteiger partial charge in [-0.25, -0.2) is 0 Å². The van der Waals surface area contributed by atoms with Crippen molar-refractivity contribution in [3.05, 3.63) is 35.4 Å². The van der Waals surface area contributed by atoms with Gasteiger partial charge in [-0.2, -0.15) is 0 Å². The first-order valence-corrected chi connectivity index (χ1v) is 8.83. The second-order valence-electron chi connectivity index (χ2n) is 7.20. The van der Waals surface area contributed by atoms with E-state index in [0.29, 0.717) is 26.2 Å². The van der Waals surface area contributed by atoms with Crippen LogP contribution in [-0.2, 0) is 27.5 Å². The molecule has 1 saturated carbocycles. The van der Waals surface area contributed by atoms with E-state index < -0.39 is 11.4 Å². The molecule has 0 aromatic heterocycles. The van der Waals surface area contributed by atoms with E-state index >= 15 is 0 Å². The molecule has 1 aliphatic carbocycles. The summed E-state index contributed by atoms with van der Waals surface area (Å²) in [5, 5.41) is 12.6.